The van der Waals surface area contributed by atoms with E-state index in [1.54, 1.807) is 25.9 Å². The Morgan fingerprint density at radius 2 is 2.08 bits per heavy atom. The second-order valence-electron chi connectivity index (χ2n) is 3.37. The molecule has 0 heterocycles. The summed E-state index contributed by atoms with van der Waals surface area (Å²) in [6, 6.07) is 0. The van der Waals surface area contributed by atoms with Crippen molar-refractivity contribution in [2.45, 2.75) is 25.3 Å². The molecule has 0 saturated heterocycles. The molecule has 4 heteroatoms. The van der Waals surface area contributed by atoms with Gasteiger partial charge in [-0.05, 0) is 27.4 Å². The molecular formula is C9H17NO3. The van der Waals surface area contributed by atoms with E-state index in [2.05, 4.69) is 4.74 Å². The van der Waals surface area contributed by atoms with Gasteiger partial charge in [-0.3, -0.25) is 9.69 Å². The summed E-state index contributed by atoms with van der Waals surface area (Å²) < 4.78 is 4.68. The van der Waals surface area contributed by atoms with Crippen molar-refractivity contribution in [3.63, 3.8) is 0 Å². The molecule has 76 valence electrons. The quantitative estimate of drug-likeness (QED) is 0.463. The zero-order valence-corrected chi connectivity index (χ0v) is 8.66. The average Bonchev–Trinajstić information content (AvgIpc) is 2.12. The van der Waals surface area contributed by atoms with Gasteiger partial charge in [-0.2, -0.15) is 0 Å². The molecule has 0 aromatic carbocycles. The predicted molar refractivity (Wildman–Crippen MR) is 49.4 cm³/mol. The molecule has 0 saturated carbocycles. The van der Waals surface area contributed by atoms with Gasteiger partial charge in [0.15, 0.2) is 0 Å². The third kappa shape index (κ3) is 2.81. The number of nitrogens with zero attached hydrogens (tertiary/aromatic N) is 1. The number of methoxy groups -OCH3 is 1. The van der Waals surface area contributed by atoms with Crippen molar-refractivity contribution in [2.24, 2.45) is 0 Å². The van der Waals surface area contributed by atoms with E-state index in [-0.39, 0.29) is 5.97 Å². The fraction of sp³-hybridized carbons (Fsp3) is 0.778. The van der Waals surface area contributed by atoms with E-state index in [9.17, 15) is 9.59 Å². The molecule has 0 aromatic rings. The van der Waals surface area contributed by atoms with E-state index in [0.29, 0.717) is 12.8 Å². The molecule has 1 atom stereocenters. The standard InChI is InChI=1S/C9H17NO3/c1-9(10(2)3,6-5-7-11)8(12)13-4/h7H,5-6H2,1-4H3. The van der Waals surface area contributed by atoms with Crippen LogP contribution in [0.2, 0.25) is 0 Å². The highest BCUT2D eigenvalue weighted by Gasteiger charge is 2.35. The van der Waals surface area contributed by atoms with Crippen molar-refractivity contribution in [2.75, 3.05) is 21.2 Å². The number of hydrogen-bond acceptors (Lipinski definition) is 4. The smallest absolute Gasteiger partial charge is 0.325 e. The lowest BCUT2D eigenvalue weighted by Crippen LogP contribution is -2.49. The van der Waals surface area contributed by atoms with Crippen LogP contribution >= 0.6 is 0 Å². The third-order valence-electron chi connectivity index (χ3n) is 2.36. The lowest BCUT2D eigenvalue weighted by Gasteiger charge is -2.32. The van der Waals surface area contributed by atoms with E-state index < -0.39 is 5.54 Å². The van der Waals surface area contributed by atoms with Crippen LogP contribution in [0.1, 0.15) is 19.8 Å². The lowest BCUT2D eigenvalue weighted by molar-refractivity contribution is -0.153. The second-order valence-corrected chi connectivity index (χ2v) is 3.37. The van der Waals surface area contributed by atoms with Gasteiger partial charge in [0.1, 0.15) is 11.8 Å². The van der Waals surface area contributed by atoms with Gasteiger partial charge >= 0.3 is 5.97 Å². The van der Waals surface area contributed by atoms with Gasteiger partial charge in [0.05, 0.1) is 7.11 Å². The van der Waals surface area contributed by atoms with E-state index >= 15 is 0 Å². The normalized spacial score (nSPS) is 15.2. The first-order valence-corrected chi connectivity index (χ1v) is 4.18. The van der Waals surface area contributed by atoms with Crippen LogP contribution in [0, 0.1) is 0 Å². The Bertz CT molecular complexity index is 191. The number of likely N-dealkylation sites (N-methyl/N-ethyl adjacent to an activating group) is 1. The highest BCUT2D eigenvalue weighted by atomic mass is 16.5. The monoisotopic (exact) mass is 187 g/mol. The number of carbonyl (C=O) groups is 2. The van der Waals surface area contributed by atoms with Crippen molar-refractivity contribution in [1.29, 1.82) is 0 Å². The van der Waals surface area contributed by atoms with E-state index in [1.807, 2.05) is 0 Å². The zero-order chi connectivity index (χ0) is 10.5. The minimum atomic E-state index is -0.699. The summed E-state index contributed by atoms with van der Waals surface area (Å²) in [6.07, 6.45) is 1.66. The largest absolute Gasteiger partial charge is 0.468 e. The second kappa shape index (κ2) is 4.97. The minimum absolute atomic E-state index is 0.306. The van der Waals surface area contributed by atoms with Gasteiger partial charge in [-0.15, -0.1) is 0 Å². The van der Waals surface area contributed by atoms with Crippen molar-refractivity contribution in [3.8, 4) is 0 Å². The van der Waals surface area contributed by atoms with Gasteiger partial charge in [0.25, 0.3) is 0 Å². The number of aldehydes is 1. The van der Waals surface area contributed by atoms with Crippen molar-refractivity contribution in [1.82, 2.24) is 4.90 Å². The molecule has 13 heavy (non-hydrogen) atoms. The fourth-order valence-corrected chi connectivity index (χ4v) is 1.07. The highest BCUT2D eigenvalue weighted by Crippen LogP contribution is 2.19. The molecule has 0 amide bonds. The van der Waals surface area contributed by atoms with Crippen molar-refractivity contribution < 1.29 is 14.3 Å². The SMILES string of the molecule is COC(=O)C(C)(CCC=O)N(C)C. The van der Waals surface area contributed by atoms with Gasteiger partial charge in [-0.1, -0.05) is 0 Å². The Morgan fingerprint density at radius 3 is 2.38 bits per heavy atom. The minimum Gasteiger partial charge on any atom is -0.468 e. The third-order valence-corrected chi connectivity index (χ3v) is 2.36. The van der Waals surface area contributed by atoms with Crippen LogP contribution in [0.3, 0.4) is 0 Å². The summed E-state index contributed by atoms with van der Waals surface area (Å²) in [4.78, 5) is 23.4. The molecule has 0 radical (unpaired) electrons. The Labute approximate surface area is 78.9 Å². The van der Waals surface area contributed by atoms with Crippen LogP contribution in [-0.2, 0) is 14.3 Å². The molecule has 0 bridgehead atoms. The summed E-state index contributed by atoms with van der Waals surface area (Å²) in [7, 11) is 4.94. The van der Waals surface area contributed by atoms with Crippen LogP contribution in [0.4, 0.5) is 0 Å². The van der Waals surface area contributed by atoms with Crippen molar-refractivity contribution >= 4 is 12.3 Å². The van der Waals surface area contributed by atoms with Gasteiger partial charge in [0.2, 0.25) is 0 Å². The molecule has 0 fully saturated rings. The van der Waals surface area contributed by atoms with Crippen LogP contribution in [-0.4, -0.2) is 43.9 Å². The molecule has 4 nitrogen and oxygen atoms in total. The van der Waals surface area contributed by atoms with E-state index in [1.165, 1.54) is 7.11 Å². The van der Waals surface area contributed by atoms with E-state index in [4.69, 9.17) is 0 Å². The number of carbonyl (C=O) groups excluding carboxylic acids is 2. The first-order valence-electron chi connectivity index (χ1n) is 4.18. The maximum absolute atomic E-state index is 11.4. The maximum atomic E-state index is 11.4. The first-order chi connectivity index (χ1) is 5.99. The molecule has 1 unspecified atom stereocenters. The Hall–Kier alpha value is -0.900. The van der Waals surface area contributed by atoms with E-state index in [0.717, 1.165) is 6.29 Å². The average molecular weight is 187 g/mol. The number of rotatable bonds is 5. The topological polar surface area (TPSA) is 46.6 Å². The van der Waals surface area contributed by atoms with Crippen LogP contribution in [0.5, 0.6) is 0 Å². The summed E-state index contributed by atoms with van der Waals surface area (Å²) in [5, 5.41) is 0. The lowest BCUT2D eigenvalue weighted by atomic mass is 9.95. The van der Waals surface area contributed by atoms with Gasteiger partial charge in [-0.25, -0.2) is 0 Å². The Balaban J connectivity index is 4.51. The summed E-state index contributed by atoms with van der Waals surface area (Å²) in [6.45, 7) is 1.77. The van der Waals surface area contributed by atoms with Crippen molar-refractivity contribution in [3.05, 3.63) is 0 Å². The summed E-state index contributed by atoms with van der Waals surface area (Å²) in [5.41, 5.74) is -0.699. The Morgan fingerprint density at radius 1 is 1.54 bits per heavy atom. The molecule has 0 aliphatic carbocycles. The summed E-state index contributed by atoms with van der Waals surface area (Å²) in [5.74, 6) is -0.306. The molecule has 0 N–H and O–H groups in total. The summed E-state index contributed by atoms with van der Waals surface area (Å²) >= 11 is 0. The number of hydrogen-bond donors (Lipinski definition) is 0. The molecule has 0 spiro atoms. The van der Waals surface area contributed by atoms with Crippen LogP contribution < -0.4 is 0 Å². The molecule has 0 aliphatic heterocycles. The number of esters is 1. The molecular weight excluding hydrogens is 170 g/mol. The zero-order valence-electron chi connectivity index (χ0n) is 8.66. The fourth-order valence-electron chi connectivity index (χ4n) is 1.07. The van der Waals surface area contributed by atoms with Gasteiger partial charge < -0.3 is 9.53 Å². The highest BCUT2D eigenvalue weighted by molar-refractivity contribution is 5.80. The molecule has 0 aromatic heterocycles. The number of ether oxygens (including phenoxy) is 1. The first kappa shape index (κ1) is 12.1. The van der Waals surface area contributed by atoms with Gasteiger partial charge in [0, 0.05) is 6.42 Å². The predicted octanol–water partition coefficient (Wildman–Crippen LogP) is 0.459. The van der Waals surface area contributed by atoms with Crippen LogP contribution in [0.15, 0.2) is 0 Å². The molecule has 0 aliphatic rings. The molecule has 0 rings (SSSR count). The Kier molecular flexibility index (Phi) is 4.62. The van der Waals surface area contributed by atoms with Crippen LogP contribution in [0.25, 0.3) is 0 Å². The maximum Gasteiger partial charge on any atom is 0.325 e.